The molecule has 0 fully saturated rings. The highest BCUT2D eigenvalue weighted by molar-refractivity contribution is 6.82. The van der Waals surface area contributed by atoms with Crippen molar-refractivity contribution in [2.45, 2.75) is 19.6 Å². The Morgan fingerprint density at radius 3 is 2.07 bits per heavy atom. The summed E-state index contributed by atoms with van der Waals surface area (Å²) in [5.41, 5.74) is 0. The molecule has 0 N–H and O–H groups in total. The molecule has 2 radical (unpaired) electrons. The van der Waals surface area contributed by atoms with Crippen molar-refractivity contribution in [3.63, 3.8) is 0 Å². The summed E-state index contributed by atoms with van der Waals surface area (Å²) >= 11 is 0. The van der Waals surface area contributed by atoms with Crippen LogP contribution in [0.3, 0.4) is 0 Å². The van der Waals surface area contributed by atoms with Gasteiger partial charge in [0.2, 0.25) is 8.32 Å². The van der Waals surface area contributed by atoms with Gasteiger partial charge in [0.05, 0.1) is 12.5 Å². The number of rotatable bonds is 8. The number of hydrogen-bond acceptors (Lipinski definition) is 4. The van der Waals surface area contributed by atoms with E-state index in [4.69, 9.17) is 24.9 Å². The van der Waals surface area contributed by atoms with Gasteiger partial charge in [0.25, 0.3) is 0 Å². The minimum Gasteiger partial charge on any atom is -0.432 e. The van der Waals surface area contributed by atoms with E-state index in [1.807, 2.05) is 13.1 Å². The molecule has 0 aromatic heterocycles. The zero-order chi connectivity index (χ0) is 11.9. The average molecular weight is 250 g/mol. The minimum absolute atomic E-state index is 0.213. The van der Waals surface area contributed by atoms with Crippen LogP contribution in [0.1, 0.15) is 0 Å². The van der Waals surface area contributed by atoms with Crippen molar-refractivity contribution in [1.29, 1.82) is 0 Å². The Hall–Kier alpha value is 0.274. The van der Waals surface area contributed by atoms with Gasteiger partial charge in [-0.2, -0.15) is 0 Å². The lowest BCUT2D eigenvalue weighted by Gasteiger charge is -2.34. The maximum absolute atomic E-state index is 6.07. The Kier molecular flexibility index (Phi) is 6.89. The summed E-state index contributed by atoms with van der Waals surface area (Å²) in [6.07, 6.45) is 1.13. The third-order valence-electron chi connectivity index (χ3n) is 1.96. The molecule has 0 heterocycles. The molecular weight excluding hydrogens is 228 g/mol. The van der Waals surface area contributed by atoms with E-state index in [2.05, 4.69) is 6.55 Å². The van der Waals surface area contributed by atoms with Crippen LogP contribution in [-0.2, 0) is 18.0 Å². The second-order valence-electron chi connectivity index (χ2n) is 4.10. The highest BCUT2D eigenvalue weighted by Gasteiger charge is 2.38. The lowest BCUT2D eigenvalue weighted by Crippen LogP contribution is -2.54. The lowest BCUT2D eigenvalue weighted by atomic mass is 10.9. The van der Waals surface area contributed by atoms with Crippen LogP contribution in [0.2, 0.25) is 19.6 Å². The van der Waals surface area contributed by atoms with Crippen molar-refractivity contribution in [3.8, 4) is 0 Å². The fourth-order valence-corrected chi connectivity index (χ4v) is 8.11. The van der Waals surface area contributed by atoms with Crippen molar-refractivity contribution in [1.82, 2.24) is 0 Å². The smallest absolute Gasteiger partial charge is 0.321 e. The third-order valence-corrected chi connectivity index (χ3v) is 8.59. The van der Waals surface area contributed by atoms with Crippen LogP contribution in [0.5, 0.6) is 0 Å². The zero-order valence-corrected chi connectivity index (χ0v) is 12.3. The van der Waals surface area contributed by atoms with E-state index in [1.165, 1.54) is 0 Å². The first-order chi connectivity index (χ1) is 6.89. The Morgan fingerprint density at radius 1 is 1.07 bits per heavy atom. The molecule has 0 aliphatic carbocycles. The van der Waals surface area contributed by atoms with Crippen LogP contribution in [-0.4, -0.2) is 50.2 Å². The van der Waals surface area contributed by atoms with Gasteiger partial charge in [-0.25, -0.2) is 0 Å². The van der Waals surface area contributed by atoms with Crippen molar-refractivity contribution in [2.24, 2.45) is 0 Å². The molecule has 6 heteroatoms. The predicted octanol–water partition coefficient (Wildman–Crippen LogP) is 1.38. The van der Waals surface area contributed by atoms with Crippen LogP contribution in [0.15, 0.2) is 0 Å². The van der Waals surface area contributed by atoms with Gasteiger partial charge in [-0.3, -0.25) is 0 Å². The average Bonchev–Trinajstić information content (AvgIpc) is 2.14. The van der Waals surface area contributed by atoms with Crippen molar-refractivity contribution in [2.75, 3.05) is 33.3 Å². The minimum atomic E-state index is -2.04. The van der Waals surface area contributed by atoms with Crippen LogP contribution in [0, 0.1) is 6.92 Å². The Morgan fingerprint density at radius 2 is 1.67 bits per heavy atom. The molecule has 1 unspecified atom stereocenters. The molecule has 4 nitrogen and oxygen atoms in total. The van der Waals surface area contributed by atoms with Gasteiger partial charge >= 0.3 is 8.56 Å². The van der Waals surface area contributed by atoms with Gasteiger partial charge in [-0.05, 0) is 26.6 Å². The quantitative estimate of drug-likeness (QED) is 0.610. The molecule has 0 bridgehead atoms. The molecule has 1 atom stereocenters. The normalized spacial score (nSPS) is 16.4. The Bertz CT molecular complexity index is 177. The first-order valence-electron chi connectivity index (χ1n) is 4.91. The van der Waals surface area contributed by atoms with Crippen molar-refractivity contribution < 1.29 is 18.0 Å². The molecule has 0 saturated heterocycles. The molecule has 0 rings (SSSR count). The summed E-state index contributed by atoms with van der Waals surface area (Å²) in [4.78, 5) is 0. The van der Waals surface area contributed by atoms with Crippen LogP contribution in [0.25, 0.3) is 0 Å². The third kappa shape index (κ3) is 6.44. The number of hydrogen-bond donors (Lipinski definition) is 0. The summed E-state index contributed by atoms with van der Waals surface area (Å²) in [6, 6.07) is 0. The van der Waals surface area contributed by atoms with Crippen LogP contribution >= 0.6 is 0 Å². The second-order valence-corrected chi connectivity index (χ2v) is 11.6. The molecular formula is C9H22O4Si2. The molecule has 0 amide bonds. The van der Waals surface area contributed by atoms with E-state index in [9.17, 15) is 0 Å². The van der Waals surface area contributed by atoms with Gasteiger partial charge in [-0.15, -0.1) is 0 Å². The fraction of sp³-hybridized carbons (Fsp3) is 0.889. The molecule has 0 saturated carbocycles. The second kappa shape index (κ2) is 6.77. The molecule has 0 aromatic rings. The summed E-state index contributed by atoms with van der Waals surface area (Å²) in [5.74, 6) is 0. The summed E-state index contributed by atoms with van der Waals surface area (Å²) < 4.78 is 21.9. The van der Waals surface area contributed by atoms with E-state index in [1.54, 1.807) is 14.2 Å². The monoisotopic (exact) mass is 250 g/mol. The molecule has 0 aromatic carbocycles. The standard InChI is InChI=1S/C9H22O4Si2/c1-7-12-9-15(6,8-10-2)13-14(4,5)11-3/h1H,7-9H2,2-6H3. The van der Waals surface area contributed by atoms with Crippen molar-refractivity contribution in [3.05, 3.63) is 6.92 Å². The van der Waals surface area contributed by atoms with E-state index in [0.717, 1.165) is 0 Å². The van der Waals surface area contributed by atoms with Gasteiger partial charge in [-0.1, -0.05) is 0 Å². The maximum atomic E-state index is 6.07. The van der Waals surface area contributed by atoms with Crippen LogP contribution < -0.4 is 0 Å². The maximum Gasteiger partial charge on any atom is 0.321 e. The number of ether oxygens (including phenoxy) is 2. The van der Waals surface area contributed by atoms with E-state index in [0.29, 0.717) is 12.5 Å². The fourth-order valence-electron chi connectivity index (χ4n) is 1.32. The predicted molar refractivity (Wildman–Crippen MR) is 64.2 cm³/mol. The first-order valence-corrected chi connectivity index (χ1v) is 10.5. The molecule has 0 aliphatic heterocycles. The molecule has 0 aliphatic rings. The molecule has 90 valence electrons. The number of methoxy groups -OCH3 is 1. The largest absolute Gasteiger partial charge is 0.432 e. The zero-order valence-electron chi connectivity index (χ0n) is 10.3. The van der Waals surface area contributed by atoms with Crippen LogP contribution in [0.4, 0.5) is 0 Å². The van der Waals surface area contributed by atoms with E-state index in [-0.39, 0.29) is 6.61 Å². The summed E-state index contributed by atoms with van der Waals surface area (Å²) in [7, 11) is -0.710. The summed E-state index contributed by atoms with van der Waals surface area (Å²) in [5, 5.41) is 0. The highest BCUT2D eigenvalue weighted by atomic mass is 28.4. The lowest BCUT2D eigenvalue weighted by molar-refractivity contribution is 0.167. The highest BCUT2D eigenvalue weighted by Crippen LogP contribution is 2.15. The first kappa shape index (κ1) is 15.3. The Balaban J connectivity index is 4.35. The SMILES string of the molecule is [CH]COC[Si](C)(COC)O[Si](C)(C)OC. The van der Waals surface area contributed by atoms with Crippen molar-refractivity contribution >= 4 is 16.9 Å². The van der Waals surface area contributed by atoms with E-state index < -0.39 is 16.9 Å². The van der Waals surface area contributed by atoms with Gasteiger partial charge in [0.1, 0.15) is 0 Å². The van der Waals surface area contributed by atoms with Gasteiger partial charge < -0.3 is 18.0 Å². The molecule has 15 heavy (non-hydrogen) atoms. The van der Waals surface area contributed by atoms with Gasteiger partial charge in [0, 0.05) is 20.8 Å². The van der Waals surface area contributed by atoms with Gasteiger partial charge in [0.15, 0.2) is 0 Å². The summed E-state index contributed by atoms with van der Waals surface area (Å²) in [6.45, 7) is 11.6. The Labute approximate surface area is 95.2 Å². The van der Waals surface area contributed by atoms with E-state index >= 15 is 0 Å². The topological polar surface area (TPSA) is 36.9 Å². The molecule has 0 spiro atoms.